The highest BCUT2D eigenvalue weighted by atomic mass is 32.1. The third-order valence-electron chi connectivity index (χ3n) is 3.25. The molecule has 5 heteroatoms. The molecule has 1 aliphatic carbocycles. The van der Waals surface area contributed by atoms with Crippen LogP contribution in [0.15, 0.2) is 34.2 Å². The van der Waals surface area contributed by atoms with Crippen LogP contribution in [0.1, 0.15) is 29.3 Å². The molecule has 0 aromatic carbocycles. The number of fused-ring (bicyclic) bond motifs is 1. The SMILES string of the molecule is c1csc(COc2ccc3c(C4CC4)noc3n2)c1. The van der Waals surface area contributed by atoms with Crippen LogP contribution in [0, 0.1) is 0 Å². The summed E-state index contributed by atoms with van der Waals surface area (Å²) in [6, 6.07) is 7.94. The van der Waals surface area contributed by atoms with E-state index in [1.54, 1.807) is 11.3 Å². The number of thiophene rings is 1. The Morgan fingerprint density at radius 1 is 1.32 bits per heavy atom. The van der Waals surface area contributed by atoms with Crippen LogP contribution in [0.3, 0.4) is 0 Å². The van der Waals surface area contributed by atoms with E-state index in [0.29, 0.717) is 24.1 Å². The van der Waals surface area contributed by atoms with Crippen molar-refractivity contribution in [2.45, 2.75) is 25.4 Å². The third-order valence-corrected chi connectivity index (χ3v) is 4.10. The Morgan fingerprint density at radius 3 is 3.05 bits per heavy atom. The molecular formula is C14H12N2O2S. The highest BCUT2D eigenvalue weighted by molar-refractivity contribution is 7.09. The van der Waals surface area contributed by atoms with E-state index in [9.17, 15) is 0 Å². The van der Waals surface area contributed by atoms with Gasteiger partial charge >= 0.3 is 0 Å². The second kappa shape index (κ2) is 4.35. The summed E-state index contributed by atoms with van der Waals surface area (Å²) < 4.78 is 10.9. The van der Waals surface area contributed by atoms with E-state index in [0.717, 1.165) is 11.1 Å². The van der Waals surface area contributed by atoms with Crippen molar-refractivity contribution in [1.82, 2.24) is 10.1 Å². The number of hydrogen-bond donors (Lipinski definition) is 0. The first-order valence-electron chi connectivity index (χ1n) is 6.31. The number of rotatable bonds is 4. The molecule has 19 heavy (non-hydrogen) atoms. The highest BCUT2D eigenvalue weighted by Crippen LogP contribution is 2.42. The molecule has 0 unspecified atom stereocenters. The van der Waals surface area contributed by atoms with E-state index in [1.165, 1.54) is 17.7 Å². The van der Waals surface area contributed by atoms with Gasteiger partial charge in [-0.2, -0.15) is 4.98 Å². The lowest BCUT2D eigenvalue weighted by Gasteiger charge is -2.02. The average Bonchev–Trinajstić information content (AvgIpc) is 3.00. The average molecular weight is 272 g/mol. The summed E-state index contributed by atoms with van der Waals surface area (Å²) >= 11 is 1.67. The summed E-state index contributed by atoms with van der Waals surface area (Å²) in [6.45, 7) is 0.541. The van der Waals surface area contributed by atoms with Crippen LogP contribution in [-0.4, -0.2) is 10.1 Å². The van der Waals surface area contributed by atoms with Crippen molar-refractivity contribution < 1.29 is 9.26 Å². The van der Waals surface area contributed by atoms with Crippen LogP contribution in [0.5, 0.6) is 5.88 Å². The fourth-order valence-electron chi connectivity index (χ4n) is 2.10. The third kappa shape index (κ3) is 2.10. The molecule has 1 aliphatic rings. The molecule has 1 fully saturated rings. The molecule has 3 aromatic rings. The Kier molecular flexibility index (Phi) is 2.51. The van der Waals surface area contributed by atoms with Gasteiger partial charge < -0.3 is 9.26 Å². The first-order valence-corrected chi connectivity index (χ1v) is 7.19. The van der Waals surface area contributed by atoms with E-state index >= 15 is 0 Å². The van der Waals surface area contributed by atoms with Gasteiger partial charge in [0.1, 0.15) is 6.61 Å². The van der Waals surface area contributed by atoms with Gasteiger partial charge in [-0.15, -0.1) is 11.3 Å². The van der Waals surface area contributed by atoms with Gasteiger partial charge in [0.2, 0.25) is 5.88 Å². The minimum Gasteiger partial charge on any atom is -0.472 e. The topological polar surface area (TPSA) is 48.2 Å². The summed E-state index contributed by atoms with van der Waals surface area (Å²) in [5, 5.41) is 7.17. The van der Waals surface area contributed by atoms with Gasteiger partial charge in [0.15, 0.2) is 0 Å². The van der Waals surface area contributed by atoms with Gasteiger partial charge in [0, 0.05) is 16.9 Å². The summed E-state index contributed by atoms with van der Waals surface area (Å²) in [7, 11) is 0. The summed E-state index contributed by atoms with van der Waals surface area (Å²) in [4.78, 5) is 5.54. The van der Waals surface area contributed by atoms with Crippen LogP contribution in [-0.2, 0) is 6.61 Å². The first-order chi connectivity index (χ1) is 9.40. The fraction of sp³-hybridized carbons (Fsp3) is 0.286. The van der Waals surface area contributed by atoms with E-state index < -0.39 is 0 Å². The predicted molar refractivity (Wildman–Crippen MR) is 72.4 cm³/mol. The molecule has 3 aromatic heterocycles. The van der Waals surface area contributed by atoms with E-state index in [4.69, 9.17) is 9.26 Å². The second-order valence-corrected chi connectivity index (χ2v) is 5.74. The molecule has 1 saturated carbocycles. The van der Waals surface area contributed by atoms with Crippen LogP contribution in [0.25, 0.3) is 11.1 Å². The van der Waals surface area contributed by atoms with Crippen molar-refractivity contribution in [2.75, 3.05) is 0 Å². The highest BCUT2D eigenvalue weighted by Gasteiger charge is 2.29. The van der Waals surface area contributed by atoms with Crippen molar-refractivity contribution >= 4 is 22.4 Å². The Hall–Kier alpha value is -1.88. The van der Waals surface area contributed by atoms with Crippen LogP contribution >= 0.6 is 11.3 Å². The van der Waals surface area contributed by atoms with E-state index in [1.807, 2.05) is 29.6 Å². The largest absolute Gasteiger partial charge is 0.472 e. The molecule has 0 saturated heterocycles. The standard InChI is InChI=1S/C14H12N2O2S/c1-2-10(19-7-1)8-17-12-6-5-11-13(9-3-4-9)16-18-14(11)15-12/h1-2,5-7,9H,3-4,8H2. The van der Waals surface area contributed by atoms with Crippen LogP contribution in [0.4, 0.5) is 0 Å². The minimum atomic E-state index is 0.541. The van der Waals surface area contributed by atoms with Gasteiger partial charge in [-0.3, -0.25) is 0 Å². The molecule has 0 radical (unpaired) electrons. The Morgan fingerprint density at radius 2 is 2.26 bits per heavy atom. The molecule has 0 bridgehead atoms. The lowest BCUT2D eigenvalue weighted by atomic mass is 10.2. The Labute approximate surface area is 114 Å². The molecular weight excluding hydrogens is 260 g/mol. The zero-order valence-electron chi connectivity index (χ0n) is 10.2. The number of nitrogens with zero attached hydrogens (tertiary/aromatic N) is 2. The van der Waals surface area contributed by atoms with Crippen LogP contribution in [0.2, 0.25) is 0 Å². The van der Waals surface area contributed by atoms with Gasteiger partial charge in [-0.25, -0.2) is 0 Å². The Balaban J connectivity index is 1.58. The van der Waals surface area contributed by atoms with E-state index in [2.05, 4.69) is 10.1 Å². The van der Waals surface area contributed by atoms with Gasteiger partial charge in [0.25, 0.3) is 5.71 Å². The lowest BCUT2D eigenvalue weighted by Crippen LogP contribution is -1.94. The summed E-state index contributed by atoms with van der Waals surface area (Å²) in [6.07, 6.45) is 2.41. The number of aromatic nitrogens is 2. The predicted octanol–water partition coefficient (Wildman–Crippen LogP) is 3.74. The number of pyridine rings is 1. The van der Waals surface area contributed by atoms with Crippen molar-refractivity contribution in [3.8, 4) is 5.88 Å². The van der Waals surface area contributed by atoms with Crippen LogP contribution < -0.4 is 4.74 Å². The molecule has 0 amide bonds. The molecule has 96 valence electrons. The van der Waals surface area contributed by atoms with Crippen molar-refractivity contribution in [1.29, 1.82) is 0 Å². The molecule has 4 rings (SSSR count). The fourth-order valence-corrected chi connectivity index (χ4v) is 2.72. The summed E-state index contributed by atoms with van der Waals surface area (Å²) in [5.41, 5.74) is 1.62. The zero-order valence-corrected chi connectivity index (χ0v) is 11.0. The lowest BCUT2D eigenvalue weighted by molar-refractivity contribution is 0.296. The van der Waals surface area contributed by atoms with Gasteiger partial charge in [-0.05, 0) is 30.4 Å². The maximum absolute atomic E-state index is 5.66. The minimum absolute atomic E-state index is 0.541. The summed E-state index contributed by atoms with van der Waals surface area (Å²) in [5.74, 6) is 1.15. The first kappa shape index (κ1) is 11.0. The molecule has 3 heterocycles. The smallest absolute Gasteiger partial charge is 0.261 e. The van der Waals surface area contributed by atoms with Gasteiger partial charge in [-0.1, -0.05) is 11.2 Å². The molecule has 0 N–H and O–H groups in total. The molecule has 0 spiro atoms. The maximum atomic E-state index is 5.66. The Bertz CT molecular complexity index is 701. The second-order valence-electron chi connectivity index (χ2n) is 4.71. The van der Waals surface area contributed by atoms with E-state index in [-0.39, 0.29) is 0 Å². The normalized spacial score (nSPS) is 14.9. The van der Waals surface area contributed by atoms with Crippen molar-refractivity contribution in [3.05, 3.63) is 40.2 Å². The van der Waals surface area contributed by atoms with Crippen molar-refractivity contribution in [2.24, 2.45) is 0 Å². The zero-order chi connectivity index (χ0) is 12.7. The van der Waals surface area contributed by atoms with Crippen molar-refractivity contribution in [3.63, 3.8) is 0 Å². The monoisotopic (exact) mass is 272 g/mol. The molecule has 0 aliphatic heterocycles. The van der Waals surface area contributed by atoms with Gasteiger partial charge in [0.05, 0.1) is 11.1 Å². The number of hydrogen-bond acceptors (Lipinski definition) is 5. The number of ether oxygens (including phenoxy) is 1. The molecule has 0 atom stereocenters. The molecule has 4 nitrogen and oxygen atoms in total. The maximum Gasteiger partial charge on any atom is 0.261 e. The quantitative estimate of drug-likeness (QED) is 0.726.